The summed E-state index contributed by atoms with van der Waals surface area (Å²) in [5, 5.41) is -0.449. The topological polar surface area (TPSA) is 25.2 Å². The molecule has 110 valence electrons. The molecule has 20 heavy (non-hydrogen) atoms. The number of hydrogen-bond donors (Lipinski definition) is 0. The molecule has 2 atom stereocenters. The molecule has 1 aromatic rings. The molecule has 1 saturated heterocycles. The third-order valence-corrected chi connectivity index (χ3v) is 4.93. The van der Waals surface area contributed by atoms with Crippen LogP contribution in [0.2, 0.25) is 0 Å². The molecule has 0 spiro atoms. The number of Topliss-reactive ketones (excluding diaryl/α,β-unsaturated/α-hetero) is 1. The van der Waals surface area contributed by atoms with Crippen LogP contribution in [0.25, 0.3) is 0 Å². The molecule has 2 heterocycles. The molecule has 3 rings (SSSR count). The van der Waals surface area contributed by atoms with Gasteiger partial charge in [-0.2, -0.15) is 0 Å². The Kier molecular flexibility index (Phi) is 3.67. The highest BCUT2D eigenvalue weighted by Crippen LogP contribution is 2.35. The standard InChI is InChI=1S/C16H23ClN2O/c1-10-8-15(16(20)11(2)17)12(3)19(10)14-6-7-18(9-14)13-4-5-13/h8,11,13-14H,4-7,9H2,1-3H3. The average molecular weight is 295 g/mol. The fourth-order valence-corrected chi connectivity index (χ4v) is 3.67. The molecule has 1 saturated carbocycles. The molecule has 2 unspecified atom stereocenters. The number of aryl methyl sites for hydroxylation is 1. The summed E-state index contributed by atoms with van der Waals surface area (Å²) in [6.45, 7) is 8.23. The Morgan fingerprint density at radius 1 is 1.30 bits per heavy atom. The Balaban J connectivity index is 1.84. The fraction of sp³-hybridized carbons (Fsp3) is 0.688. The van der Waals surface area contributed by atoms with Crippen molar-refractivity contribution in [3.8, 4) is 0 Å². The highest BCUT2D eigenvalue weighted by molar-refractivity contribution is 6.33. The highest BCUT2D eigenvalue weighted by atomic mass is 35.5. The largest absolute Gasteiger partial charge is 0.344 e. The van der Waals surface area contributed by atoms with Gasteiger partial charge in [0.2, 0.25) is 0 Å². The van der Waals surface area contributed by atoms with Gasteiger partial charge in [-0.05, 0) is 46.1 Å². The molecule has 0 N–H and O–H groups in total. The number of halogens is 1. The monoisotopic (exact) mass is 294 g/mol. The predicted molar refractivity (Wildman–Crippen MR) is 81.8 cm³/mol. The zero-order chi connectivity index (χ0) is 14.4. The number of nitrogens with zero attached hydrogens (tertiary/aromatic N) is 2. The summed E-state index contributed by atoms with van der Waals surface area (Å²) in [5.74, 6) is 0.0445. The van der Waals surface area contributed by atoms with Gasteiger partial charge in [0, 0.05) is 42.1 Å². The van der Waals surface area contributed by atoms with Crippen LogP contribution in [-0.2, 0) is 0 Å². The SMILES string of the molecule is Cc1cc(C(=O)C(C)Cl)c(C)n1C1CCN(C2CC2)C1. The Morgan fingerprint density at radius 3 is 2.60 bits per heavy atom. The van der Waals surface area contributed by atoms with Gasteiger partial charge in [-0.1, -0.05) is 0 Å². The second-order valence-corrected chi connectivity index (χ2v) is 6.96. The quantitative estimate of drug-likeness (QED) is 0.629. The van der Waals surface area contributed by atoms with Gasteiger partial charge in [-0.15, -0.1) is 11.6 Å². The van der Waals surface area contributed by atoms with Gasteiger partial charge in [0.05, 0.1) is 5.38 Å². The van der Waals surface area contributed by atoms with E-state index in [9.17, 15) is 4.79 Å². The molecular formula is C16H23ClN2O. The summed E-state index contributed by atoms with van der Waals surface area (Å²) in [5.41, 5.74) is 3.07. The van der Waals surface area contributed by atoms with Crippen LogP contribution in [0, 0.1) is 13.8 Å². The van der Waals surface area contributed by atoms with Crippen LogP contribution in [0.3, 0.4) is 0 Å². The number of hydrogen-bond acceptors (Lipinski definition) is 2. The van der Waals surface area contributed by atoms with Crippen LogP contribution in [0.5, 0.6) is 0 Å². The number of ketones is 1. The van der Waals surface area contributed by atoms with E-state index in [1.807, 2.05) is 6.07 Å². The first-order chi connectivity index (χ1) is 9.49. The van der Waals surface area contributed by atoms with E-state index in [1.54, 1.807) is 6.92 Å². The van der Waals surface area contributed by atoms with Crippen molar-refractivity contribution in [3.05, 3.63) is 23.0 Å². The van der Waals surface area contributed by atoms with Gasteiger partial charge < -0.3 is 4.57 Å². The molecule has 0 aromatic carbocycles. The number of rotatable bonds is 4. The first kappa shape index (κ1) is 14.2. The summed E-state index contributed by atoms with van der Waals surface area (Å²) < 4.78 is 2.36. The maximum atomic E-state index is 12.2. The minimum absolute atomic E-state index is 0.0445. The second kappa shape index (κ2) is 5.19. The maximum Gasteiger partial charge on any atom is 0.182 e. The van der Waals surface area contributed by atoms with Gasteiger partial charge in [-0.3, -0.25) is 9.69 Å². The van der Waals surface area contributed by atoms with E-state index in [1.165, 1.54) is 31.5 Å². The molecule has 2 fully saturated rings. The van der Waals surface area contributed by atoms with Gasteiger partial charge in [0.1, 0.15) is 0 Å². The van der Waals surface area contributed by atoms with Crippen LogP contribution in [0.1, 0.15) is 54.0 Å². The second-order valence-electron chi connectivity index (χ2n) is 6.30. The Hall–Kier alpha value is -0.800. The van der Waals surface area contributed by atoms with Crippen LogP contribution >= 0.6 is 11.6 Å². The number of alkyl halides is 1. The summed E-state index contributed by atoms with van der Waals surface area (Å²) in [6, 6.07) is 3.36. The Labute approximate surface area is 125 Å². The Morgan fingerprint density at radius 2 is 2.00 bits per heavy atom. The zero-order valence-electron chi connectivity index (χ0n) is 12.5. The minimum atomic E-state index is -0.449. The lowest BCUT2D eigenvalue weighted by Gasteiger charge is -2.19. The molecule has 1 aromatic heterocycles. The average Bonchev–Trinajstić information content (AvgIpc) is 3.07. The van der Waals surface area contributed by atoms with Crippen molar-refractivity contribution in [2.75, 3.05) is 13.1 Å². The molecule has 3 nitrogen and oxygen atoms in total. The van der Waals surface area contributed by atoms with E-state index in [0.717, 1.165) is 23.8 Å². The molecule has 0 amide bonds. The molecule has 0 radical (unpaired) electrons. The van der Waals surface area contributed by atoms with Crippen molar-refractivity contribution >= 4 is 17.4 Å². The summed E-state index contributed by atoms with van der Waals surface area (Å²) in [7, 11) is 0. The predicted octanol–water partition coefficient (Wildman–Crippen LogP) is 3.32. The fourth-order valence-electron chi connectivity index (χ4n) is 3.55. The molecule has 1 aliphatic carbocycles. The van der Waals surface area contributed by atoms with Gasteiger partial charge >= 0.3 is 0 Å². The lowest BCUT2D eigenvalue weighted by molar-refractivity contribution is 0.0991. The van der Waals surface area contributed by atoms with Crippen molar-refractivity contribution in [1.82, 2.24) is 9.47 Å². The van der Waals surface area contributed by atoms with Crippen LogP contribution in [0.15, 0.2) is 6.07 Å². The number of carbonyl (C=O) groups is 1. The van der Waals surface area contributed by atoms with Gasteiger partial charge in [0.15, 0.2) is 5.78 Å². The lowest BCUT2D eigenvalue weighted by Crippen LogP contribution is -2.24. The minimum Gasteiger partial charge on any atom is -0.344 e. The van der Waals surface area contributed by atoms with Crippen LogP contribution in [-0.4, -0.2) is 39.8 Å². The summed E-state index contributed by atoms with van der Waals surface area (Å²) in [6.07, 6.45) is 3.92. The van der Waals surface area contributed by atoms with Crippen LogP contribution in [0.4, 0.5) is 0 Å². The molecule has 1 aliphatic heterocycles. The van der Waals surface area contributed by atoms with E-state index in [4.69, 9.17) is 11.6 Å². The van der Waals surface area contributed by atoms with E-state index in [0.29, 0.717) is 6.04 Å². The van der Waals surface area contributed by atoms with Gasteiger partial charge in [0.25, 0.3) is 0 Å². The van der Waals surface area contributed by atoms with E-state index >= 15 is 0 Å². The van der Waals surface area contributed by atoms with Crippen molar-refractivity contribution in [2.24, 2.45) is 0 Å². The number of aromatic nitrogens is 1. The molecule has 2 aliphatic rings. The van der Waals surface area contributed by atoms with Crippen LogP contribution < -0.4 is 0 Å². The smallest absolute Gasteiger partial charge is 0.182 e. The van der Waals surface area contributed by atoms with E-state index < -0.39 is 5.38 Å². The third-order valence-electron chi connectivity index (χ3n) is 4.73. The summed E-state index contributed by atoms with van der Waals surface area (Å²) in [4.78, 5) is 14.8. The first-order valence-electron chi connectivity index (χ1n) is 7.59. The van der Waals surface area contributed by atoms with E-state index in [2.05, 4.69) is 23.3 Å². The van der Waals surface area contributed by atoms with E-state index in [-0.39, 0.29) is 5.78 Å². The normalized spacial score (nSPS) is 25.1. The zero-order valence-corrected chi connectivity index (χ0v) is 13.3. The maximum absolute atomic E-state index is 12.2. The molecular weight excluding hydrogens is 272 g/mol. The third kappa shape index (κ3) is 2.42. The van der Waals surface area contributed by atoms with Crippen molar-refractivity contribution in [3.63, 3.8) is 0 Å². The number of likely N-dealkylation sites (tertiary alicyclic amines) is 1. The molecule has 0 bridgehead atoms. The lowest BCUT2D eigenvalue weighted by atomic mass is 10.1. The highest BCUT2D eigenvalue weighted by Gasteiger charge is 2.36. The molecule has 4 heteroatoms. The first-order valence-corrected chi connectivity index (χ1v) is 8.03. The van der Waals surface area contributed by atoms with Gasteiger partial charge in [-0.25, -0.2) is 0 Å². The number of carbonyl (C=O) groups excluding carboxylic acids is 1. The summed E-state index contributed by atoms with van der Waals surface area (Å²) >= 11 is 5.96. The Bertz CT molecular complexity index is 531. The van der Waals surface area contributed by atoms with Crippen molar-refractivity contribution in [2.45, 2.75) is 57.5 Å². The van der Waals surface area contributed by atoms with Crippen molar-refractivity contribution in [1.29, 1.82) is 0 Å². The van der Waals surface area contributed by atoms with Crippen molar-refractivity contribution < 1.29 is 4.79 Å².